The molecule has 2 aliphatic rings. The molecule has 1 aliphatic carbocycles. The third-order valence-corrected chi connectivity index (χ3v) is 4.95. The summed E-state index contributed by atoms with van der Waals surface area (Å²) in [5.41, 5.74) is 1.99. The number of carbonyl (C=O) groups excluding carboxylic acids is 1. The molecular weight excluding hydrogens is 282 g/mol. The summed E-state index contributed by atoms with van der Waals surface area (Å²) in [5, 5.41) is 12.3. The lowest BCUT2D eigenvalue weighted by Gasteiger charge is -2.26. The van der Waals surface area contributed by atoms with E-state index in [2.05, 4.69) is 5.32 Å². The molecule has 1 aromatic rings. The number of carboxylic acids is 1. The van der Waals surface area contributed by atoms with Gasteiger partial charge in [-0.1, -0.05) is 18.9 Å². The summed E-state index contributed by atoms with van der Waals surface area (Å²) in [4.78, 5) is 24.2. The van der Waals surface area contributed by atoms with Crippen LogP contribution in [-0.2, 0) is 9.59 Å². The number of fused-ring (bicyclic) bond motifs is 1. The lowest BCUT2D eigenvalue weighted by atomic mass is 9.93. The van der Waals surface area contributed by atoms with Crippen LogP contribution in [0, 0.1) is 13.8 Å². The van der Waals surface area contributed by atoms with Crippen LogP contribution >= 0.6 is 0 Å². The zero-order valence-electron chi connectivity index (χ0n) is 12.9. The molecule has 0 aromatic heterocycles. The van der Waals surface area contributed by atoms with Crippen molar-refractivity contribution in [3.63, 3.8) is 0 Å². The Morgan fingerprint density at radius 2 is 1.86 bits per heavy atom. The number of carbonyl (C=O) groups is 2. The molecule has 1 heterocycles. The molecule has 5 heteroatoms. The minimum atomic E-state index is -1.10. The molecule has 0 bridgehead atoms. The fraction of sp³-hybridized carbons (Fsp3) is 0.529. The maximum Gasteiger partial charge on any atom is 0.329 e. The number of hydrogen-bond acceptors (Lipinski definition) is 3. The quantitative estimate of drug-likeness (QED) is 0.898. The summed E-state index contributed by atoms with van der Waals surface area (Å²) in [7, 11) is 0. The Balaban J connectivity index is 1.83. The predicted molar refractivity (Wildman–Crippen MR) is 81.1 cm³/mol. The first-order chi connectivity index (χ1) is 10.4. The smallest absolute Gasteiger partial charge is 0.329 e. The molecule has 1 unspecified atom stereocenters. The van der Waals surface area contributed by atoms with Gasteiger partial charge in [0.2, 0.25) is 5.91 Å². The lowest BCUT2D eigenvalue weighted by molar-refractivity contribution is -0.147. The number of nitrogens with one attached hydrogen (secondary N) is 1. The number of hydrogen-bond donors (Lipinski definition) is 2. The van der Waals surface area contributed by atoms with Crippen LogP contribution in [0.5, 0.6) is 5.75 Å². The minimum absolute atomic E-state index is 0.244. The van der Waals surface area contributed by atoms with Gasteiger partial charge in [0.1, 0.15) is 23.8 Å². The van der Waals surface area contributed by atoms with E-state index < -0.39 is 17.4 Å². The highest BCUT2D eigenvalue weighted by molar-refractivity contribution is 5.91. The van der Waals surface area contributed by atoms with Gasteiger partial charge in [-0.2, -0.15) is 0 Å². The number of ether oxygens (including phenoxy) is 1. The van der Waals surface area contributed by atoms with E-state index in [-0.39, 0.29) is 12.5 Å². The van der Waals surface area contributed by atoms with Crippen LogP contribution in [0.25, 0.3) is 0 Å². The van der Waals surface area contributed by atoms with Crippen molar-refractivity contribution in [2.75, 3.05) is 6.61 Å². The van der Waals surface area contributed by atoms with Crippen molar-refractivity contribution in [2.45, 2.75) is 51.0 Å². The van der Waals surface area contributed by atoms with E-state index >= 15 is 0 Å². The van der Waals surface area contributed by atoms with Crippen molar-refractivity contribution in [3.05, 3.63) is 28.8 Å². The van der Waals surface area contributed by atoms with E-state index in [4.69, 9.17) is 4.74 Å². The zero-order chi connectivity index (χ0) is 15.9. The molecule has 0 spiro atoms. The molecule has 0 saturated heterocycles. The Morgan fingerprint density at radius 3 is 2.50 bits per heavy atom. The minimum Gasteiger partial charge on any atom is -0.492 e. The second kappa shape index (κ2) is 5.30. The summed E-state index contributed by atoms with van der Waals surface area (Å²) >= 11 is 0. The zero-order valence-corrected chi connectivity index (χ0v) is 12.9. The monoisotopic (exact) mass is 303 g/mol. The summed E-state index contributed by atoms with van der Waals surface area (Å²) in [5.74, 6) is -0.867. The van der Waals surface area contributed by atoms with Crippen LogP contribution in [0.1, 0.15) is 48.3 Å². The fourth-order valence-electron chi connectivity index (χ4n) is 3.38. The number of carboxylic acid groups (broad SMARTS) is 1. The molecule has 118 valence electrons. The first-order valence-corrected chi connectivity index (χ1v) is 7.72. The van der Waals surface area contributed by atoms with Gasteiger partial charge in [0.05, 0.1) is 0 Å². The second-order valence-corrected chi connectivity index (χ2v) is 6.42. The number of aliphatic carboxylic acids is 1. The number of aryl methyl sites for hydroxylation is 2. The molecule has 1 saturated carbocycles. The number of amides is 1. The third kappa shape index (κ3) is 2.34. The summed E-state index contributed by atoms with van der Waals surface area (Å²) < 4.78 is 5.62. The van der Waals surface area contributed by atoms with Crippen molar-refractivity contribution in [2.24, 2.45) is 0 Å². The maximum absolute atomic E-state index is 12.6. The van der Waals surface area contributed by atoms with Crippen LogP contribution in [0.15, 0.2) is 12.1 Å². The van der Waals surface area contributed by atoms with E-state index in [0.717, 1.165) is 35.3 Å². The Hall–Kier alpha value is -2.04. The summed E-state index contributed by atoms with van der Waals surface area (Å²) in [6, 6.07) is 3.92. The lowest BCUT2D eigenvalue weighted by Crippen LogP contribution is -2.53. The average Bonchev–Trinajstić information content (AvgIpc) is 3.07. The van der Waals surface area contributed by atoms with Crippen LogP contribution in [0.2, 0.25) is 0 Å². The summed E-state index contributed by atoms with van der Waals surface area (Å²) in [6.07, 6.45) is 2.67. The van der Waals surface area contributed by atoms with E-state index in [9.17, 15) is 14.7 Å². The largest absolute Gasteiger partial charge is 0.492 e. The number of benzene rings is 1. The topological polar surface area (TPSA) is 75.6 Å². The van der Waals surface area contributed by atoms with Gasteiger partial charge >= 0.3 is 5.97 Å². The van der Waals surface area contributed by atoms with Gasteiger partial charge in [0, 0.05) is 5.56 Å². The van der Waals surface area contributed by atoms with Gasteiger partial charge in [-0.15, -0.1) is 0 Å². The molecule has 1 aliphatic heterocycles. The maximum atomic E-state index is 12.6. The van der Waals surface area contributed by atoms with Gasteiger partial charge in [0.25, 0.3) is 0 Å². The standard InChI is InChI=1S/C17H21NO4/c1-10-7-12-13(9-22-14(12)8-11(10)2)15(19)18-17(16(20)21)5-3-4-6-17/h7-8,13H,3-6,9H2,1-2H3,(H,18,19)(H,20,21). The first kappa shape index (κ1) is 14.9. The molecule has 1 amide bonds. The molecular formula is C17H21NO4. The van der Waals surface area contributed by atoms with Crippen molar-refractivity contribution in [1.82, 2.24) is 5.32 Å². The van der Waals surface area contributed by atoms with E-state index in [1.54, 1.807) is 0 Å². The van der Waals surface area contributed by atoms with Gasteiger partial charge in [-0.25, -0.2) is 4.79 Å². The predicted octanol–water partition coefficient (Wildman–Crippen LogP) is 2.29. The first-order valence-electron chi connectivity index (χ1n) is 7.72. The van der Waals surface area contributed by atoms with E-state index in [1.807, 2.05) is 26.0 Å². The molecule has 1 fully saturated rings. The van der Waals surface area contributed by atoms with Crippen LogP contribution in [0.3, 0.4) is 0 Å². The normalized spacial score (nSPS) is 22.0. The van der Waals surface area contributed by atoms with Gasteiger partial charge in [-0.3, -0.25) is 4.79 Å². The molecule has 0 radical (unpaired) electrons. The molecule has 2 N–H and O–H groups in total. The van der Waals surface area contributed by atoms with Crippen molar-refractivity contribution in [3.8, 4) is 5.75 Å². The Morgan fingerprint density at radius 1 is 1.23 bits per heavy atom. The van der Waals surface area contributed by atoms with Gasteiger partial charge in [-0.05, 0) is 43.9 Å². The Kier molecular flexibility index (Phi) is 3.59. The molecule has 1 atom stereocenters. The third-order valence-electron chi connectivity index (χ3n) is 4.95. The SMILES string of the molecule is Cc1cc2c(cc1C)C(C(=O)NC1(C(=O)O)CCCC1)CO2. The van der Waals surface area contributed by atoms with Crippen molar-refractivity contribution >= 4 is 11.9 Å². The fourth-order valence-corrected chi connectivity index (χ4v) is 3.38. The van der Waals surface area contributed by atoms with Gasteiger partial charge in [0.15, 0.2) is 0 Å². The van der Waals surface area contributed by atoms with Crippen LogP contribution in [-0.4, -0.2) is 29.1 Å². The second-order valence-electron chi connectivity index (χ2n) is 6.42. The van der Waals surface area contributed by atoms with Gasteiger partial charge < -0.3 is 15.2 Å². The molecule has 22 heavy (non-hydrogen) atoms. The summed E-state index contributed by atoms with van der Waals surface area (Å²) in [6.45, 7) is 4.28. The highest BCUT2D eigenvalue weighted by atomic mass is 16.5. The highest BCUT2D eigenvalue weighted by Crippen LogP contribution is 2.37. The van der Waals surface area contributed by atoms with E-state index in [1.165, 1.54) is 0 Å². The van der Waals surface area contributed by atoms with Crippen LogP contribution < -0.4 is 10.1 Å². The van der Waals surface area contributed by atoms with Crippen molar-refractivity contribution in [1.29, 1.82) is 0 Å². The van der Waals surface area contributed by atoms with Crippen LogP contribution in [0.4, 0.5) is 0 Å². The van der Waals surface area contributed by atoms with E-state index in [0.29, 0.717) is 12.8 Å². The Bertz CT molecular complexity index is 632. The van der Waals surface area contributed by atoms with Crippen molar-refractivity contribution < 1.29 is 19.4 Å². The highest BCUT2D eigenvalue weighted by Gasteiger charge is 2.44. The molecule has 3 rings (SSSR count). The Labute approximate surface area is 129 Å². The number of rotatable bonds is 3. The molecule has 5 nitrogen and oxygen atoms in total. The average molecular weight is 303 g/mol. The molecule has 1 aromatic carbocycles.